The largest absolute Gasteiger partial charge is 0.382 e. The van der Waals surface area contributed by atoms with Crippen LogP contribution in [0.1, 0.15) is 19.8 Å². The van der Waals surface area contributed by atoms with Gasteiger partial charge in [0.05, 0.1) is 24.7 Å². The molecule has 0 spiro atoms. The Morgan fingerprint density at radius 3 is 2.71 bits per heavy atom. The number of ketones is 1. The van der Waals surface area contributed by atoms with Crippen LogP contribution in [0.4, 0.5) is 0 Å². The SMILES string of the molecule is CCC(=O)CCN1C(=O)C=C(SCCOCCOC)C1=O. The maximum atomic E-state index is 12.0. The summed E-state index contributed by atoms with van der Waals surface area (Å²) < 4.78 is 10.1. The number of Topliss-reactive ketones (excluding diaryl/α,β-unsaturated/α-hetero) is 1. The van der Waals surface area contributed by atoms with Crippen molar-refractivity contribution >= 4 is 29.4 Å². The molecule has 0 aromatic heterocycles. The summed E-state index contributed by atoms with van der Waals surface area (Å²) in [5.74, 6) is -0.0169. The zero-order chi connectivity index (χ0) is 15.7. The first-order valence-corrected chi connectivity index (χ1v) is 7.87. The van der Waals surface area contributed by atoms with Crippen LogP contribution in [0.25, 0.3) is 0 Å². The average Bonchev–Trinajstić information content (AvgIpc) is 2.74. The van der Waals surface area contributed by atoms with Gasteiger partial charge < -0.3 is 9.47 Å². The molecule has 0 fully saturated rings. The standard InChI is InChI=1S/C14H21NO5S/c1-3-11(16)4-5-15-13(17)10-12(14(15)18)21-9-8-20-7-6-19-2/h10H,3-9H2,1-2H3. The molecule has 0 aliphatic carbocycles. The van der Waals surface area contributed by atoms with Gasteiger partial charge in [-0.25, -0.2) is 0 Å². The zero-order valence-electron chi connectivity index (χ0n) is 12.4. The topological polar surface area (TPSA) is 72.9 Å². The lowest BCUT2D eigenvalue weighted by atomic mass is 10.2. The maximum absolute atomic E-state index is 12.0. The smallest absolute Gasteiger partial charge is 0.267 e. The van der Waals surface area contributed by atoms with E-state index >= 15 is 0 Å². The molecule has 0 atom stereocenters. The van der Waals surface area contributed by atoms with Crippen LogP contribution in [0.2, 0.25) is 0 Å². The third-order valence-corrected chi connectivity index (χ3v) is 3.88. The van der Waals surface area contributed by atoms with E-state index in [9.17, 15) is 14.4 Å². The van der Waals surface area contributed by atoms with E-state index in [1.165, 1.54) is 17.8 Å². The van der Waals surface area contributed by atoms with E-state index in [4.69, 9.17) is 9.47 Å². The predicted molar refractivity (Wildman–Crippen MR) is 79.9 cm³/mol. The van der Waals surface area contributed by atoms with Crippen molar-refractivity contribution in [1.82, 2.24) is 4.90 Å². The highest BCUT2D eigenvalue weighted by Gasteiger charge is 2.30. The van der Waals surface area contributed by atoms with Crippen LogP contribution in [0.15, 0.2) is 11.0 Å². The van der Waals surface area contributed by atoms with Crippen molar-refractivity contribution in [3.63, 3.8) is 0 Å². The number of nitrogens with zero attached hydrogens (tertiary/aromatic N) is 1. The van der Waals surface area contributed by atoms with Gasteiger partial charge in [-0.1, -0.05) is 6.92 Å². The van der Waals surface area contributed by atoms with E-state index in [0.29, 0.717) is 36.9 Å². The van der Waals surface area contributed by atoms with E-state index in [1.807, 2.05) is 0 Å². The fraction of sp³-hybridized carbons (Fsp3) is 0.643. The molecule has 1 aliphatic heterocycles. The molecule has 0 N–H and O–H groups in total. The summed E-state index contributed by atoms with van der Waals surface area (Å²) in [6.07, 6.45) is 1.97. The highest BCUT2D eigenvalue weighted by molar-refractivity contribution is 8.04. The molecular weight excluding hydrogens is 294 g/mol. The van der Waals surface area contributed by atoms with E-state index in [0.717, 1.165) is 4.90 Å². The van der Waals surface area contributed by atoms with E-state index in [-0.39, 0.29) is 30.6 Å². The molecule has 1 rings (SSSR count). The second-order valence-corrected chi connectivity index (χ2v) is 5.54. The molecular formula is C14H21NO5S. The summed E-state index contributed by atoms with van der Waals surface area (Å²) in [5.41, 5.74) is 0. The molecule has 0 radical (unpaired) electrons. The first-order chi connectivity index (χ1) is 10.1. The Bertz CT molecular complexity index is 422. The summed E-state index contributed by atoms with van der Waals surface area (Å²) in [5, 5.41) is 0. The number of hydrogen-bond acceptors (Lipinski definition) is 6. The number of amides is 2. The van der Waals surface area contributed by atoms with Gasteiger partial charge in [0.25, 0.3) is 11.8 Å². The van der Waals surface area contributed by atoms with Gasteiger partial charge in [-0.15, -0.1) is 11.8 Å². The van der Waals surface area contributed by atoms with E-state index < -0.39 is 0 Å². The second kappa shape index (κ2) is 9.70. The average molecular weight is 315 g/mol. The fourth-order valence-corrected chi connectivity index (χ4v) is 2.51. The van der Waals surface area contributed by atoms with Gasteiger partial charge >= 0.3 is 0 Å². The Balaban J connectivity index is 2.30. The lowest BCUT2D eigenvalue weighted by Gasteiger charge is -2.13. The fourth-order valence-electron chi connectivity index (χ4n) is 1.67. The monoisotopic (exact) mass is 315 g/mol. The molecule has 6 nitrogen and oxygen atoms in total. The normalized spacial score (nSPS) is 14.8. The van der Waals surface area contributed by atoms with Crippen molar-refractivity contribution in [2.45, 2.75) is 19.8 Å². The summed E-state index contributed by atoms with van der Waals surface area (Å²) in [4.78, 5) is 36.6. The quantitative estimate of drug-likeness (QED) is 0.418. The Morgan fingerprint density at radius 2 is 2.05 bits per heavy atom. The number of methoxy groups -OCH3 is 1. The lowest BCUT2D eigenvalue weighted by molar-refractivity contribution is -0.137. The summed E-state index contributed by atoms with van der Waals surface area (Å²) in [7, 11) is 1.60. The van der Waals surface area contributed by atoms with Gasteiger partial charge in [-0.3, -0.25) is 19.3 Å². The Labute approximate surface area is 128 Å². The molecule has 2 amide bonds. The molecule has 7 heteroatoms. The Kier molecular flexibility index (Phi) is 8.26. The Morgan fingerprint density at radius 1 is 1.29 bits per heavy atom. The van der Waals surface area contributed by atoms with Crippen LogP contribution in [0.5, 0.6) is 0 Å². The van der Waals surface area contributed by atoms with Gasteiger partial charge in [0.2, 0.25) is 0 Å². The number of rotatable bonds is 11. The van der Waals surface area contributed by atoms with Crippen LogP contribution >= 0.6 is 11.8 Å². The number of imide groups is 1. The first-order valence-electron chi connectivity index (χ1n) is 6.88. The minimum atomic E-state index is -0.341. The first kappa shape index (κ1) is 17.9. The number of hydrogen-bond donors (Lipinski definition) is 0. The van der Waals surface area contributed by atoms with Gasteiger partial charge in [0.1, 0.15) is 5.78 Å². The molecule has 0 unspecified atom stereocenters. The summed E-state index contributed by atoms with van der Waals surface area (Å²) in [6.45, 7) is 3.45. The Hall–Kier alpha value is -1.18. The third kappa shape index (κ3) is 5.99. The molecule has 0 aromatic rings. The van der Waals surface area contributed by atoms with Crippen LogP contribution in [-0.2, 0) is 23.9 Å². The lowest BCUT2D eigenvalue weighted by Crippen LogP contribution is -2.32. The van der Waals surface area contributed by atoms with Gasteiger partial charge in [0.15, 0.2) is 0 Å². The zero-order valence-corrected chi connectivity index (χ0v) is 13.2. The predicted octanol–water partition coefficient (Wildman–Crippen LogP) is 1.00. The highest BCUT2D eigenvalue weighted by Crippen LogP contribution is 2.24. The van der Waals surface area contributed by atoms with Crippen molar-refractivity contribution in [3.8, 4) is 0 Å². The molecule has 0 aromatic carbocycles. The second-order valence-electron chi connectivity index (χ2n) is 4.40. The van der Waals surface area contributed by atoms with Crippen LogP contribution in [0, 0.1) is 0 Å². The van der Waals surface area contributed by atoms with Crippen molar-refractivity contribution in [2.24, 2.45) is 0 Å². The van der Waals surface area contributed by atoms with Gasteiger partial charge in [-0.05, 0) is 0 Å². The number of thioether (sulfide) groups is 1. The van der Waals surface area contributed by atoms with Crippen LogP contribution in [-0.4, -0.2) is 61.7 Å². The maximum Gasteiger partial charge on any atom is 0.267 e. The van der Waals surface area contributed by atoms with Crippen molar-refractivity contribution in [1.29, 1.82) is 0 Å². The number of carbonyl (C=O) groups is 3. The van der Waals surface area contributed by atoms with Crippen LogP contribution < -0.4 is 0 Å². The molecule has 0 bridgehead atoms. The molecule has 21 heavy (non-hydrogen) atoms. The minimum Gasteiger partial charge on any atom is -0.382 e. The van der Waals surface area contributed by atoms with Gasteiger partial charge in [0, 0.05) is 38.3 Å². The van der Waals surface area contributed by atoms with Crippen molar-refractivity contribution < 1.29 is 23.9 Å². The molecule has 1 aliphatic rings. The summed E-state index contributed by atoms with van der Waals surface area (Å²) >= 11 is 1.30. The molecule has 1 heterocycles. The van der Waals surface area contributed by atoms with E-state index in [1.54, 1.807) is 14.0 Å². The van der Waals surface area contributed by atoms with Crippen molar-refractivity contribution in [2.75, 3.05) is 39.2 Å². The minimum absolute atomic E-state index is 0.0447. The van der Waals surface area contributed by atoms with E-state index in [2.05, 4.69) is 0 Å². The summed E-state index contributed by atoms with van der Waals surface area (Å²) in [6, 6.07) is 0. The van der Waals surface area contributed by atoms with Crippen LogP contribution in [0.3, 0.4) is 0 Å². The third-order valence-electron chi connectivity index (χ3n) is 2.90. The molecule has 118 valence electrons. The molecule has 0 saturated heterocycles. The molecule has 0 saturated carbocycles. The van der Waals surface area contributed by atoms with Gasteiger partial charge in [-0.2, -0.15) is 0 Å². The highest BCUT2D eigenvalue weighted by atomic mass is 32.2. The number of carbonyl (C=O) groups excluding carboxylic acids is 3. The van der Waals surface area contributed by atoms with Crippen molar-refractivity contribution in [3.05, 3.63) is 11.0 Å². The number of ether oxygens (including phenoxy) is 2.